The van der Waals surface area contributed by atoms with E-state index in [2.05, 4.69) is 32.7 Å². The maximum absolute atomic E-state index is 12.1. The van der Waals surface area contributed by atoms with Gasteiger partial charge in [-0.1, -0.05) is 12.1 Å². The Hall–Kier alpha value is -2.32. The first kappa shape index (κ1) is 24.3. The molecule has 0 bridgehead atoms. The van der Waals surface area contributed by atoms with Gasteiger partial charge in [0.05, 0.1) is 19.3 Å². The van der Waals surface area contributed by atoms with Crippen LogP contribution in [0.3, 0.4) is 0 Å². The predicted octanol–water partition coefficient (Wildman–Crippen LogP) is 2.02. The lowest BCUT2D eigenvalue weighted by atomic mass is 10.1. The molecule has 0 spiro atoms. The van der Waals surface area contributed by atoms with E-state index in [0.717, 1.165) is 38.3 Å². The van der Waals surface area contributed by atoms with E-state index in [1.807, 2.05) is 12.1 Å². The average molecular weight is 446 g/mol. The Morgan fingerprint density at radius 1 is 1.25 bits per heavy atom. The number of carbonyl (C=O) groups excluding carboxylic acids is 1. The molecular formula is C24H39N5O3. The number of likely N-dealkylation sites (tertiary alicyclic amines) is 1. The SMILES string of the molecule is COc1cccc(C(CNC(=NCC(=O)N(C)C)NCC2CCCCO2)N2CCCC2)c1. The second-order valence-corrected chi connectivity index (χ2v) is 8.74. The molecule has 2 atom stereocenters. The van der Waals surface area contributed by atoms with Crippen LogP contribution in [0.1, 0.15) is 43.7 Å². The number of likely N-dealkylation sites (N-methyl/N-ethyl adjacent to an activating group) is 1. The van der Waals surface area contributed by atoms with Crippen molar-refractivity contribution in [2.45, 2.75) is 44.2 Å². The number of ether oxygens (including phenoxy) is 2. The Labute approximate surface area is 192 Å². The number of nitrogens with one attached hydrogen (secondary N) is 2. The lowest BCUT2D eigenvalue weighted by molar-refractivity contribution is -0.127. The average Bonchev–Trinajstić information content (AvgIpc) is 3.35. The van der Waals surface area contributed by atoms with Crippen LogP contribution in [0, 0.1) is 0 Å². The molecule has 1 amide bonds. The largest absolute Gasteiger partial charge is 0.497 e. The van der Waals surface area contributed by atoms with Crippen LogP contribution in [0.15, 0.2) is 29.3 Å². The summed E-state index contributed by atoms with van der Waals surface area (Å²) in [7, 11) is 5.20. The van der Waals surface area contributed by atoms with Gasteiger partial charge in [0, 0.05) is 33.8 Å². The Morgan fingerprint density at radius 3 is 2.75 bits per heavy atom. The van der Waals surface area contributed by atoms with Crippen molar-refractivity contribution in [3.8, 4) is 5.75 Å². The Morgan fingerprint density at radius 2 is 2.06 bits per heavy atom. The molecule has 8 heteroatoms. The molecule has 1 aromatic rings. The number of nitrogens with zero attached hydrogens (tertiary/aromatic N) is 3. The zero-order valence-electron chi connectivity index (χ0n) is 19.8. The number of rotatable bonds is 9. The number of hydrogen-bond donors (Lipinski definition) is 2. The number of aliphatic imine (C=N–C) groups is 1. The van der Waals surface area contributed by atoms with Gasteiger partial charge in [0.25, 0.3) is 0 Å². The van der Waals surface area contributed by atoms with Gasteiger partial charge in [0.2, 0.25) is 5.91 Å². The standard InChI is InChI=1S/C24H39N5O3/c1-28(2)23(30)18-27-24(25-16-21-10-4-7-14-32-21)26-17-22(29-12-5-6-13-29)19-9-8-11-20(15-19)31-3/h8-9,11,15,21-22H,4-7,10,12-14,16-18H2,1-3H3,(H2,25,26,27). The fraction of sp³-hybridized carbons (Fsp3) is 0.667. The summed E-state index contributed by atoms with van der Waals surface area (Å²) < 4.78 is 11.3. The first-order chi connectivity index (χ1) is 15.6. The highest BCUT2D eigenvalue weighted by atomic mass is 16.5. The van der Waals surface area contributed by atoms with Crippen LogP contribution >= 0.6 is 0 Å². The number of methoxy groups -OCH3 is 1. The zero-order chi connectivity index (χ0) is 22.8. The number of amides is 1. The maximum Gasteiger partial charge on any atom is 0.243 e. The molecule has 2 aliphatic rings. The molecule has 8 nitrogen and oxygen atoms in total. The topological polar surface area (TPSA) is 78.4 Å². The molecule has 0 aliphatic carbocycles. The van der Waals surface area contributed by atoms with Crippen molar-refractivity contribution in [2.24, 2.45) is 4.99 Å². The Bertz CT molecular complexity index is 743. The smallest absolute Gasteiger partial charge is 0.243 e. The summed E-state index contributed by atoms with van der Waals surface area (Å²) in [6.07, 6.45) is 6.00. The molecule has 2 heterocycles. The third kappa shape index (κ3) is 7.38. The predicted molar refractivity (Wildman–Crippen MR) is 127 cm³/mol. The van der Waals surface area contributed by atoms with Crippen LogP contribution in [0.4, 0.5) is 0 Å². The molecule has 2 N–H and O–H groups in total. The minimum Gasteiger partial charge on any atom is -0.497 e. The van der Waals surface area contributed by atoms with E-state index in [9.17, 15) is 4.79 Å². The van der Waals surface area contributed by atoms with Crippen LogP contribution in [0.25, 0.3) is 0 Å². The van der Waals surface area contributed by atoms with Gasteiger partial charge >= 0.3 is 0 Å². The normalized spacial score (nSPS) is 20.6. The van der Waals surface area contributed by atoms with Crippen LogP contribution in [0.2, 0.25) is 0 Å². The molecule has 32 heavy (non-hydrogen) atoms. The van der Waals surface area contributed by atoms with Crippen molar-refractivity contribution in [2.75, 3.05) is 60.5 Å². The molecule has 2 unspecified atom stereocenters. The molecular weight excluding hydrogens is 406 g/mol. The summed E-state index contributed by atoms with van der Waals surface area (Å²) in [5, 5.41) is 6.90. The van der Waals surface area contributed by atoms with Gasteiger partial charge in [-0.2, -0.15) is 0 Å². The van der Waals surface area contributed by atoms with Crippen molar-refractivity contribution in [1.29, 1.82) is 0 Å². The molecule has 1 aromatic carbocycles. The highest BCUT2D eigenvalue weighted by Gasteiger charge is 2.24. The van der Waals surface area contributed by atoms with Crippen LogP contribution < -0.4 is 15.4 Å². The van der Waals surface area contributed by atoms with Gasteiger partial charge in [-0.25, -0.2) is 4.99 Å². The van der Waals surface area contributed by atoms with Gasteiger partial charge in [0.1, 0.15) is 12.3 Å². The molecule has 2 aliphatic heterocycles. The van der Waals surface area contributed by atoms with E-state index in [-0.39, 0.29) is 24.6 Å². The molecule has 2 fully saturated rings. The Kier molecular flexibility index (Phi) is 9.62. The van der Waals surface area contributed by atoms with Gasteiger partial charge in [-0.05, 0) is 62.9 Å². The van der Waals surface area contributed by atoms with Crippen molar-refractivity contribution >= 4 is 11.9 Å². The number of guanidine groups is 1. The molecule has 0 saturated carbocycles. The summed E-state index contributed by atoms with van der Waals surface area (Å²) in [6.45, 7) is 4.48. The highest BCUT2D eigenvalue weighted by Crippen LogP contribution is 2.27. The lowest BCUT2D eigenvalue weighted by Gasteiger charge is -2.29. The molecule has 0 aromatic heterocycles. The van der Waals surface area contributed by atoms with E-state index in [1.165, 1.54) is 24.8 Å². The van der Waals surface area contributed by atoms with E-state index >= 15 is 0 Å². The quantitative estimate of drug-likeness (QED) is 0.447. The summed E-state index contributed by atoms with van der Waals surface area (Å²) >= 11 is 0. The minimum absolute atomic E-state index is 0.0242. The van der Waals surface area contributed by atoms with Crippen LogP contribution in [0.5, 0.6) is 5.75 Å². The molecule has 178 valence electrons. The minimum atomic E-state index is -0.0242. The summed E-state index contributed by atoms with van der Waals surface area (Å²) in [4.78, 5) is 20.7. The first-order valence-corrected chi connectivity index (χ1v) is 11.8. The summed E-state index contributed by atoms with van der Waals surface area (Å²) in [5.41, 5.74) is 1.22. The first-order valence-electron chi connectivity index (χ1n) is 11.8. The van der Waals surface area contributed by atoms with E-state index in [4.69, 9.17) is 9.47 Å². The fourth-order valence-corrected chi connectivity index (χ4v) is 4.19. The van der Waals surface area contributed by atoms with E-state index in [1.54, 1.807) is 26.1 Å². The highest BCUT2D eigenvalue weighted by molar-refractivity contribution is 5.84. The van der Waals surface area contributed by atoms with E-state index in [0.29, 0.717) is 19.0 Å². The monoisotopic (exact) mass is 445 g/mol. The molecule has 2 saturated heterocycles. The van der Waals surface area contributed by atoms with Gasteiger partial charge < -0.3 is 25.0 Å². The third-order valence-corrected chi connectivity index (χ3v) is 6.17. The van der Waals surface area contributed by atoms with E-state index < -0.39 is 0 Å². The van der Waals surface area contributed by atoms with Crippen molar-refractivity contribution < 1.29 is 14.3 Å². The zero-order valence-corrected chi connectivity index (χ0v) is 19.8. The Balaban J connectivity index is 1.69. The fourth-order valence-electron chi connectivity index (χ4n) is 4.19. The third-order valence-electron chi connectivity index (χ3n) is 6.17. The maximum atomic E-state index is 12.1. The van der Waals surface area contributed by atoms with Gasteiger partial charge in [0.15, 0.2) is 5.96 Å². The molecule has 3 rings (SSSR count). The van der Waals surface area contributed by atoms with Gasteiger partial charge in [-0.3, -0.25) is 9.69 Å². The van der Waals surface area contributed by atoms with Crippen LogP contribution in [-0.2, 0) is 9.53 Å². The number of benzene rings is 1. The second-order valence-electron chi connectivity index (χ2n) is 8.74. The van der Waals surface area contributed by atoms with Crippen molar-refractivity contribution in [3.05, 3.63) is 29.8 Å². The molecule has 0 radical (unpaired) electrons. The lowest BCUT2D eigenvalue weighted by Crippen LogP contribution is -2.46. The van der Waals surface area contributed by atoms with Crippen LogP contribution in [-0.4, -0.2) is 88.3 Å². The van der Waals surface area contributed by atoms with Crippen molar-refractivity contribution in [3.63, 3.8) is 0 Å². The van der Waals surface area contributed by atoms with Gasteiger partial charge in [-0.15, -0.1) is 0 Å². The summed E-state index contributed by atoms with van der Waals surface area (Å²) in [6, 6.07) is 8.49. The summed E-state index contributed by atoms with van der Waals surface area (Å²) in [5.74, 6) is 1.50. The number of carbonyl (C=O) groups is 1. The second kappa shape index (κ2) is 12.6. The number of hydrogen-bond acceptors (Lipinski definition) is 5. The van der Waals surface area contributed by atoms with Crippen molar-refractivity contribution in [1.82, 2.24) is 20.4 Å².